The molecule has 0 aromatic heterocycles. The van der Waals surface area contributed by atoms with Crippen LogP contribution in [-0.4, -0.2) is 35.6 Å². The van der Waals surface area contributed by atoms with E-state index in [1.165, 1.54) is 27.9 Å². The Morgan fingerprint density at radius 1 is 0.923 bits per heavy atom. The van der Waals surface area contributed by atoms with Gasteiger partial charge in [-0.2, -0.15) is 0 Å². The van der Waals surface area contributed by atoms with Gasteiger partial charge in [-0.15, -0.1) is 23.5 Å². The summed E-state index contributed by atoms with van der Waals surface area (Å²) in [7, 11) is 1.33. The molecular weight excluding hydrogens is 526 g/mol. The Bertz CT molecular complexity index is 1350. The number of amides is 1. The summed E-state index contributed by atoms with van der Waals surface area (Å²) in [5.74, 6) is 1.63. The summed E-state index contributed by atoms with van der Waals surface area (Å²) in [5, 5.41) is 11.6. The van der Waals surface area contributed by atoms with Gasteiger partial charge in [0.15, 0.2) is 6.23 Å². The standard InChI is InChI=1S/C32H33NO4S2/c1-37-30(34)17-10-22-6-5-9-27(20-22)33(31(35)24-7-3-2-4-8-24)32(36)25-13-11-23(12-14-25)26-15-16-28-29(21-26)39-19-18-38-28/h5-6,9-17,20-21,24,32,36H,2-4,7-8,18-19H2,1H3/b17-10+. The highest BCUT2D eigenvalue weighted by atomic mass is 32.2. The first-order valence-electron chi connectivity index (χ1n) is 13.4. The summed E-state index contributed by atoms with van der Waals surface area (Å²) in [6.45, 7) is 0. The average molecular weight is 560 g/mol. The molecule has 0 bridgehead atoms. The summed E-state index contributed by atoms with van der Waals surface area (Å²) < 4.78 is 4.70. The highest BCUT2D eigenvalue weighted by Gasteiger charge is 2.32. The van der Waals surface area contributed by atoms with Crippen LogP contribution in [-0.2, 0) is 14.3 Å². The zero-order chi connectivity index (χ0) is 27.2. The van der Waals surface area contributed by atoms with Crippen LogP contribution in [0.2, 0.25) is 0 Å². The maximum Gasteiger partial charge on any atom is 0.330 e. The molecule has 7 heteroatoms. The van der Waals surface area contributed by atoms with Crippen molar-refractivity contribution in [1.29, 1.82) is 0 Å². The molecule has 1 saturated carbocycles. The minimum atomic E-state index is -1.14. The Labute approximate surface area is 238 Å². The predicted octanol–water partition coefficient (Wildman–Crippen LogP) is 7.34. The number of anilines is 1. The van der Waals surface area contributed by atoms with E-state index in [0.717, 1.165) is 60.3 Å². The number of ether oxygens (including phenoxy) is 1. The van der Waals surface area contributed by atoms with Crippen LogP contribution in [0.4, 0.5) is 5.69 Å². The van der Waals surface area contributed by atoms with Crippen molar-refractivity contribution in [3.63, 3.8) is 0 Å². The molecule has 202 valence electrons. The SMILES string of the molecule is COC(=O)/C=C/c1cccc(N(C(=O)C2CCCCC2)C(O)c2ccc(-c3ccc4c(c3)SCCS4)cc2)c1. The lowest BCUT2D eigenvalue weighted by Crippen LogP contribution is -2.40. The molecule has 1 heterocycles. The molecule has 0 saturated heterocycles. The number of methoxy groups -OCH3 is 1. The predicted molar refractivity (Wildman–Crippen MR) is 160 cm³/mol. The molecule has 39 heavy (non-hydrogen) atoms. The molecule has 3 aromatic carbocycles. The highest BCUT2D eigenvalue weighted by Crippen LogP contribution is 2.39. The van der Waals surface area contributed by atoms with Crippen LogP contribution < -0.4 is 4.90 Å². The molecule has 1 aliphatic heterocycles. The normalized spacial score (nSPS) is 16.5. The number of nitrogens with zero attached hydrogens (tertiary/aromatic N) is 1. The molecule has 1 fully saturated rings. The number of carbonyl (C=O) groups excluding carboxylic acids is 2. The van der Waals surface area contributed by atoms with Crippen LogP contribution in [0.25, 0.3) is 17.2 Å². The van der Waals surface area contributed by atoms with Crippen molar-refractivity contribution >= 4 is 47.2 Å². The van der Waals surface area contributed by atoms with E-state index < -0.39 is 12.2 Å². The van der Waals surface area contributed by atoms with Crippen molar-refractivity contribution in [1.82, 2.24) is 0 Å². The first-order valence-corrected chi connectivity index (χ1v) is 15.4. The maximum atomic E-state index is 13.8. The smallest absolute Gasteiger partial charge is 0.330 e. The van der Waals surface area contributed by atoms with E-state index in [1.807, 2.05) is 72.1 Å². The number of hydrogen-bond donors (Lipinski definition) is 1. The monoisotopic (exact) mass is 559 g/mol. The highest BCUT2D eigenvalue weighted by molar-refractivity contribution is 8.05. The molecule has 3 aromatic rings. The largest absolute Gasteiger partial charge is 0.466 e. The second kappa shape index (κ2) is 12.9. The molecular formula is C32H33NO4S2. The van der Waals surface area contributed by atoms with Crippen LogP contribution in [0.1, 0.15) is 49.5 Å². The molecule has 1 amide bonds. The number of aliphatic hydroxyl groups is 1. The summed E-state index contributed by atoms with van der Waals surface area (Å²) in [6.07, 6.45) is 6.71. The number of thioether (sulfide) groups is 2. The topological polar surface area (TPSA) is 66.8 Å². The minimum Gasteiger partial charge on any atom is -0.466 e. The van der Waals surface area contributed by atoms with Crippen molar-refractivity contribution in [2.24, 2.45) is 5.92 Å². The van der Waals surface area contributed by atoms with Gasteiger partial charge in [0.2, 0.25) is 5.91 Å². The molecule has 0 spiro atoms. The second-order valence-electron chi connectivity index (χ2n) is 9.85. The van der Waals surface area contributed by atoms with Gasteiger partial charge < -0.3 is 9.84 Å². The molecule has 5 nitrogen and oxygen atoms in total. The first-order chi connectivity index (χ1) is 19.0. The lowest BCUT2D eigenvalue weighted by molar-refractivity contribution is -0.134. The van der Waals surface area contributed by atoms with Crippen LogP contribution >= 0.6 is 23.5 Å². The number of esters is 1. The Balaban J connectivity index is 1.44. The van der Waals surface area contributed by atoms with Gasteiger partial charge in [0.25, 0.3) is 0 Å². The van der Waals surface area contributed by atoms with Crippen LogP contribution in [0, 0.1) is 5.92 Å². The molecule has 1 unspecified atom stereocenters. The Kier molecular flexibility index (Phi) is 9.12. The lowest BCUT2D eigenvalue weighted by Gasteiger charge is -2.33. The van der Waals surface area contributed by atoms with Gasteiger partial charge in [-0.25, -0.2) is 4.79 Å². The van der Waals surface area contributed by atoms with Crippen molar-refractivity contribution < 1.29 is 19.4 Å². The third-order valence-electron chi connectivity index (χ3n) is 7.28. The molecule has 5 rings (SSSR count). The number of carbonyl (C=O) groups is 2. The van der Waals surface area contributed by atoms with Gasteiger partial charge in [0.1, 0.15) is 0 Å². The van der Waals surface area contributed by atoms with E-state index in [2.05, 4.69) is 18.2 Å². The number of rotatable bonds is 7. The fourth-order valence-electron chi connectivity index (χ4n) is 5.17. The van der Waals surface area contributed by atoms with E-state index in [9.17, 15) is 14.7 Å². The van der Waals surface area contributed by atoms with E-state index in [1.54, 1.807) is 6.08 Å². The van der Waals surface area contributed by atoms with Gasteiger partial charge in [-0.1, -0.05) is 61.7 Å². The summed E-state index contributed by atoms with van der Waals surface area (Å²) in [6, 6.07) is 21.7. The lowest BCUT2D eigenvalue weighted by atomic mass is 9.88. The van der Waals surface area contributed by atoms with Crippen molar-refractivity contribution in [3.05, 3.63) is 83.9 Å². The van der Waals surface area contributed by atoms with Crippen molar-refractivity contribution in [3.8, 4) is 11.1 Å². The van der Waals surface area contributed by atoms with Gasteiger partial charge in [-0.05, 0) is 59.9 Å². The molecule has 1 atom stereocenters. The molecule has 2 aliphatic rings. The fraction of sp³-hybridized carbons (Fsp3) is 0.312. The molecule has 1 aliphatic carbocycles. The zero-order valence-corrected chi connectivity index (χ0v) is 23.7. The Morgan fingerprint density at radius 3 is 2.38 bits per heavy atom. The molecule has 1 N–H and O–H groups in total. The number of fused-ring (bicyclic) bond motifs is 1. The summed E-state index contributed by atoms with van der Waals surface area (Å²) in [5.41, 5.74) is 4.21. The average Bonchev–Trinajstić information content (AvgIpc) is 3.00. The Hall–Kier alpha value is -3.00. The van der Waals surface area contributed by atoms with Gasteiger partial charge >= 0.3 is 5.97 Å². The van der Waals surface area contributed by atoms with Crippen molar-refractivity contribution in [2.45, 2.75) is 48.1 Å². The minimum absolute atomic E-state index is 0.0652. The number of hydrogen-bond acceptors (Lipinski definition) is 6. The third kappa shape index (κ3) is 6.60. The first kappa shape index (κ1) is 27.6. The second-order valence-corrected chi connectivity index (χ2v) is 12.1. The fourth-order valence-corrected chi connectivity index (χ4v) is 7.41. The van der Waals surface area contributed by atoms with Crippen LogP contribution in [0.3, 0.4) is 0 Å². The van der Waals surface area contributed by atoms with Gasteiger partial charge in [0.05, 0.1) is 7.11 Å². The van der Waals surface area contributed by atoms with E-state index in [4.69, 9.17) is 4.74 Å². The maximum absolute atomic E-state index is 13.8. The number of aliphatic hydroxyl groups excluding tert-OH is 1. The van der Waals surface area contributed by atoms with Crippen LogP contribution in [0.15, 0.2) is 82.6 Å². The Morgan fingerprint density at radius 2 is 1.64 bits per heavy atom. The molecule has 0 radical (unpaired) electrons. The summed E-state index contributed by atoms with van der Waals surface area (Å²) in [4.78, 5) is 29.6. The zero-order valence-electron chi connectivity index (χ0n) is 22.0. The van der Waals surface area contributed by atoms with E-state index in [-0.39, 0.29) is 11.8 Å². The van der Waals surface area contributed by atoms with Gasteiger partial charge in [-0.3, -0.25) is 9.69 Å². The quantitative estimate of drug-likeness (QED) is 0.186. The van der Waals surface area contributed by atoms with Crippen molar-refractivity contribution in [2.75, 3.05) is 23.5 Å². The van der Waals surface area contributed by atoms with E-state index in [0.29, 0.717) is 11.3 Å². The van der Waals surface area contributed by atoms with Crippen LogP contribution in [0.5, 0.6) is 0 Å². The van der Waals surface area contributed by atoms with E-state index >= 15 is 0 Å². The summed E-state index contributed by atoms with van der Waals surface area (Å²) >= 11 is 3.80. The third-order valence-corrected chi connectivity index (χ3v) is 9.80. The van der Waals surface area contributed by atoms with Gasteiger partial charge in [0, 0.05) is 44.5 Å². The number of benzene rings is 3.